The van der Waals surface area contributed by atoms with Crippen LogP contribution in [0.4, 0.5) is 0 Å². The van der Waals surface area contributed by atoms with Gasteiger partial charge in [-0.3, -0.25) is 0 Å². The summed E-state index contributed by atoms with van der Waals surface area (Å²) < 4.78 is 0. The van der Waals surface area contributed by atoms with E-state index in [9.17, 15) is 0 Å². The minimum atomic E-state index is 0.838. The molecule has 0 aliphatic carbocycles. The van der Waals surface area contributed by atoms with Gasteiger partial charge in [-0.25, -0.2) is 0 Å². The monoisotopic (exact) mass is 267 g/mol. The Bertz CT molecular complexity index is 296. The Balaban J connectivity index is 1.51. The SMILES string of the molecule is c1ccc(CCCNCC2CSCCS2)cc1. The van der Waals surface area contributed by atoms with E-state index in [0.29, 0.717) is 0 Å². The van der Waals surface area contributed by atoms with Gasteiger partial charge in [0.2, 0.25) is 0 Å². The molecule has 1 aliphatic rings. The van der Waals surface area contributed by atoms with Crippen molar-refractivity contribution in [3.8, 4) is 0 Å². The summed E-state index contributed by atoms with van der Waals surface area (Å²) in [6, 6.07) is 10.8. The van der Waals surface area contributed by atoms with E-state index in [1.54, 1.807) is 0 Å². The van der Waals surface area contributed by atoms with Crippen LogP contribution in [0.2, 0.25) is 0 Å². The quantitative estimate of drug-likeness (QED) is 0.796. The predicted molar refractivity (Wildman–Crippen MR) is 81.2 cm³/mol. The molecule has 1 fully saturated rings. The smallest absolute Gasteiger partial charge is 0.0263 e. The first-order valence-electron chi connectivity index (χ1n) is 6.39. The summed E-state index contributed by atoms with van der Waals surface area (Å²) in [5, 5.41) is 4.43. The lowest BCUT2D eigenvalue weighted by molar-refractivity contribution is 0.647. The fourth-order valence-corrected chi connectivity index (χ4v) is 4.63. The maximum Gasteiger partial charge on any atom is 0.0263 e. The minimum Gasteiger partial charge on any atom is -0.316 e. The van der Waals surface area contributed by atoms with Gasteiger partial charge in [0, 0.05) is 29.1 Å². The molecule has 1 saturated heterocycles. The lowest BCUT2D eigenvalue weighted by atomic mass is 10.1. The highest BCUT2D eigenvalue weighted by atomic mass is 32.2. The molecule has 0 spiro atoms. The second-order valence-electron chi connectivity index (χ2n) is 4.36. The molecular weight excluding hydrogens is 246 g/mol. The van der Waals surface area contributed by atoms with Gasteiger partial charge in [-0.15, -0.1) is 0 Å². The zero-order chi connectivity index (χ0) is 11.8. The Hall–Kier alpha value is -0.120. The van der Waals surface area contributed by atoms with Gasteiger partial charge in [-0.1, -0.05) is 30.3 Å². The topological polar surface area (TPSA) is 12.0 Å². The average Bonchev–Trinajstić information content (AvgIpc) is 2.41. The number of rotatable bonds is 6. The van der Waals surface area contributed by atoms with Crippen LogP contribution < -0.4 is 5.32 Å². The number of hydrogen-bond acceptors (Lipinski definition) is 3. The number of benzene rings is 1. The van der Waals surface area contributed by atoms with Crippen LogP contribution in [0.3, 0.4) is 0 Å². The van der Waals surface area contributed by atoms with E-state index < -0.39 is 0 Å². The third-order valence-corrected chi connectivity index (χ3v) is 5.76. The zero-order valence-electron chi connectivity index (χ0n) is 10.2. The lowest BCUT2D eigenvalue weighted by Crippen LogP contribution is -2.29. The van der Waals surface area contributed by atoms with Gasteiger partial charge in [0.05, 0.1) is 0 Å². The van der Waals surface area contributed by atoms with E-state index in [2.05, 4.69) is 59.2 Å². The van der Waals surface area contributed by atoms with Crippen LogP contribution in [0.15, 0.2) is 30.3 Å². The molecule has 0 bridgehead atoms. The normalized spacial score (nSPS) is 20.4. The first-order chi connectivity index (χ1) is 8.45. The summed E-state index contributed by atoms with van der Waals surface area (Å²) in [4.78, 5) is 0. The first kappa shape index (κ1) is 13.3. The van der Waals surface area contributed by atoms with Crippen molar-refractivity contribution in [3.05, 3.63) is 35.9 Å². The second kappa shape index (κ2) is 8.06. The van der Waals surface area contributed by atoms with Gasteiger partial charge in [-0.2, -0.15) is 23.5 Å². The molecule has 1 nitrogen and oxygen atoms in total. The molecule has 0 amide bonds. The van der Waals surface area contributed by atoms with Crippen LogP contribution in [-0.4, -0.2) is 35.6 Å². The van der Waals surface area contributed by atoms with E-state index in [-0.39, 0.29) is 0 Å². The number of thioether (sulfide) groups is 2. The lowest BCUT2D eigenvalue weighted by Gasteiger charge is -2.21. The van der Waals surface area contributed by atoms with Crippen LogP contribution in [0, 0.1) is 0 Å². The number of nitrogens with one attached hydrogen (secondary N) is 1. The van der Waals surface area contributed by atoms with E-state index in [0.717, 1.165) is 11.8 Å². The molecule has 1 aliphatic heterocycles. The third kappa shape index (κ3) is 5.36. The largest absolute Gasteiger partial charge is 0.316 e. The molecule has 1 aromatic carbocycles. The van der Waals surface area contributed by atoms with Crippen molar-refractivity contribution in [1.82, 2.24) is 5.32 Å². The van der Waals surface area contributed by atoms with Crippen LogP contribution in [0.5, 0.6) is 0 Å². The molecule has 1 N–H and O–H groups in total. The summed E-state index contributed by atoms with van der Waals surface area (Å²) in [5.74, 6) is 4.01. The minimum absolute atomic E-state index is 0.838. The predicted octanol–water partition coefficient (Wildman–Crippen LogP) is 3.06. The number of hydrogen-bond donors (Lipinski definition) is 1. The molecule has 0 aromatic heterocycles. The fourth-order valence-electron chi connectivity index (χ4n) is 1.98. The van der Waals surface area contributed by atoms with Gasteiger partial charge < -0.3 is 5.32 Å². The Morgan fingerprint density at radius 2 is 2.06 bits per heavy atom. The van der Waals surface area contributed by atoms with Gasteiger partial charge >= 0.3 is 0 Å². The van der Waals surface area contributed by atoms with Gasteiger partial charge in [0.25, 0.3) is 0 Å². The van der Waals surface area contributed by atoms with Crippen molar-refractivity contribution < 1.29 is 0 Å². The molecule has 3 heteroatoms. The highest BCUT2D eigenvalue weighted by molar-refractivity contribution is 8.06. The summed E-state index contributed by atoms with van der Waals surface area (Å²) in [6.07, 6.45) is 2.44. The fraction of sp³-hybridized carbons (Fsp3) is 0.571. The Morgan fingerprint density at radius 1 is 1.18 bits per heavy atom. The second-order valence-corrected chi connectivity index (χ2v) is 6.92. The standard InChI is InChI=1S/C14H21NS2/c1-2-5-13(6-3-1)7-4-8-15-11-14-12-16-9-10-17-14/h1-3,5-6,14-15H,4,7-12H2. The molecule has 94 valence electrons. The Morgan fingerprint density at radius 3 is 2.82 bits per heavy atom. The highest BCUT2D eigenvalue weighted by Gasteiger charge is 2.12. The molecule has 1 atom stereocenters. The Kier molecular flexibility index (Phi) is 6.32. The van der Waals surface area contributed by atoms with Crippen LogP contribution in [-0.2, 0) is 6.42 Å². The molecule has 1 aromatic rings. The first-order valence-corrected chi connectivity index (χ1v) is 8.59. The maximum absolute atomic E-state index is 3.59. The van der Waals surface area contributed by atoms with Crippen molar-refractivity contribution in [2.75, 3.05) is 30.3 Å². The van der Waals surface area contributed by atoms with Crippen LogP contribution >= 0.6 is 23.5 Å². The van der Waals surface area contributed by atoms with Crippen molar-refractivity contribution >= 4 is 23.5 Å². The Labute approximate surface area is 113 Å². The van der Waals surface area contributed by atoms with Crippen molar-refractivity contribution in [1.29, 1.82) is 0 Å². The van der Waals surface area contributed by atoms with Crippen LogP contribution in [0.1, 0.15) is 12.0 Å². The maximum atomic E-state index is 3.59. The summed E-state index contributed by atoms with van der Waals surface area (Å²) in [5.41, 5.74) is 1.46. The van der Waals surface area contributed by atoms with E-state index >= 15 is 0 Å². The molecule has 1 heterocycles. The summed E-state index contributed by atoms with van der Waals surface area (Å²) in [7, 11) is 0. The zero-order valence-corrected chi connectivity index (χ0v) is 11.9. The van der Waals surface area contributed by atoms with E-state index in [1.807, 2.05) is 0 Å². The summed E-state index contributed by atoms with van der Waals surface area (Å²) in [6.45, 7) is 2.34. The highest BCUT2D eigenvalue weighted by Crippen LogP contribution is 2.23. The molecular formula is C14H21NS2. The molecule has 2 rings (SSSR count). The van der Waals surface area contributed by atoms with Gasteiger partial charge in [-0.05, 0) is 24.9 Å². The molecule has 0 radical (unpaired) electrons. The number of aryl methyl sites for hydroxylation is 1. The molecule has 17 heavy (non-hydrogen) atoms. The van der Waals surface area contributed by atoms with E-state index in [1.165, 1.54) is 42.2 Å². The van der Waals surface area contributed by atoms with Crippen molar-refractivity contribution in [2.24, 2.45) is 0 Å². The van der Waals surface area contributed by atoms with Gasteiger partial charge in [0.1, 0.15) is 0 Å². The van der Waals surface area contributed by atoms with Crippen molar-refractivity contribution in [2.45, 2.75) is 18.1 Å². The third-order valence-electron chi connectivity index (χ3n) is 2.92. The van der Waals surface area contributed by atoms with Gasteiger partial charge in [0.15, 0.2) is 0 Å². The van der Waals surface area contributed by atoms with Crippen LogP contribution in [0.25, 0.3) is 0 Å². The van der Waals surface area contributed by atoms with Crippen molar-refractivity contribution in [3.63, 3.8) is 0 Å². The average molecular weight is 267 g/mol. The molecule has 1 unspecified atom stereocenters. The van der Waals surface area contributed by atoms with E-state index in [4.69, 9.17) is 0 Å². The summed E-state index contributed by atoms with van der Waals surface area (Å²) >= 11 is 4.24. The molecule has 0 saturated carbocycles.